The normalized spacial score (nSPS) is 14.0. The fourth-order valence-electron chi connectivity index (χ4n) is 3.34. The fourth-order valence-corrected chi connectivity index (χ4v) is 3.34. The molecule has 0 aromatic carbocycles. The minimum Gasteiger partial charge on any atom is -0.492 e. The molecule has 37 heavy (non-hydrogen) atoms. The van der Waals surface area contributed by atoms with Gasteiger partial charge in [0.05, 0.1) is 30.9 Å². The molecule has 4 rings (SSSR count). The molecule has 0 radical (unpaired) electrons. The second kappa shape index (κ2) is 10.9. The van der Waals surface area contributed by atoms with E-state index in [0.29, 0.717) is 17.8 Å². The highest BCUT2D eigenvalue weighted by Crippen LogP contribution is 2.36. The van der Waals surface area contributed by atoms with E-state index in [2.05, 4.69) is 35.8 Å². The number of methoxy groups -OCH3 is 1. The third kappa shape index (κ3) is 5.60. The van der Waals surface area contributed by atoms with Crippen molar-refractivity contribution in [2.24, 2.45) is 5.92 Å². The van der Waals surface area contributed by atoms with E-state index in [4.69, 9.17) is 8.85 Å². The Morgan fingerprint density at radius 1 is 1.19 bits per heavy atom. The largest absolute Gasteiger partial charge is 0.492 e. The van der Waals surface area contributed by atoms with E-state index in [1.54, 1.807) is 13.1 Å². The number of ether oxygens (including phenoxy) is 1. The summed E-state index contributed by atoms with van der Waals surface area (Å²) < 4.78 is 27.7. The van der Waals surface area contributed by atoms with Gasteiger partial charge in [-0.2, -0.15) is 0 Å². The number of pyridine rings is 1. The number of carbonyl (C=O) groups excluding carboxylic acids is 3. The number of nitrogens with zero attached hydrogens (tertiary/aromatic N) is 6. The molecule has 1 aliphatic carbocycles. The monoisotopic (exact) mass is 508 g/mol. The van der Waals surface area contributed by atoms with Gasteiger partial charge in [-0.25, -0.2) is 9.97 Å². The molecule has 3 aromatic rings. The number of anilines is 3. The van der Waals surface area contributed by atoms with Crippen LogP contribution in [0, 0.1) is 5.92 Å². The van der Waals surface area contributed by atoms with Gasteiger partial charge >= 0.3 is 0 Å². The lowest BCUT2D eigenvalue weighted by Crippen LogP contribution is -2.27. The van der Waals surface area contributed by atoms with E-state index < -0.39 is 12.9 Å². The Morgan fingerprint density at radius 3 is 2.65 bits per heavy atom. The summed E-state index contributed by atoms with van der Waals surface area (Å²) in [6.45, 7) is -0.420. The van der Waals surface area contributed by atoms with Crippen molar-refractivity contribution < 1.29 is 23.2 Å². The minimum atomic E-state index is -2.77. The molecular formula is C24H27N9O4. The average molecular weight is 509 g/mol. The van der Waals surface area contributed by atoms with E-state index >= 15 is 0 Å². The molecule has 0 aliphatic heterocycles. The van der Waals surface area contributed by atoms with Crippen molar-refractivity contribution in [3.63, 3.8) is 0 Å². The molecule has 1 saturated carbocycles. The summed E-state index contributed by atoms with van der Waals surface area (Å²) in [7, 11) is 3.06. The summed E-state index contributed by atoms with van der Waals surface area (Å²) in [6, 6.07) is 2.97. The first-order valence-electron chi connectivity index (χ1n) is 12.9. The van der Waals surface area contributed by atoms with Crippen molar-refractivity contribution in [2.45, 2.75) is 19.8 Å². The first-order chi connectivity index (χ1) is 19.0. The van der Waals surface area contributed by atoms with Gasteiger partial charge in [0.1, 0.15) is 5.69 Å². The maximum atomic E-state index is 12.7. The number of carbonyl (C=O) groups is 3. The number of hydrogen-bond donors (Lipinski definition) is 3. The Morgan fingerprint density at radius 2 is 2.00 bits per heavy atom. The number of rotatable bonds is 9. The molecule has 3 aromatic heterocycles. The lowest BCUT2D eigenvalue weighted by Gasteiger charge is -2.16. The van der Waals surface area contributed by atoms with Crippen LogP contribution in [0.15, 0.2) is 30.7 Å². The summed E-state index contributed by atoms with van der Waals surface area (Å²) >= 11 is 0. The van der Waals surface area contributed by atoms with Crippen molar-refractivity contribution in [1.82, 2.24) is 35.4 Å². The SMILES string of the molecule is [2H]C([2H])([2H])NC(=O)c1nnc(NC(=O)C2CC2)cc1Nc1nccc(-c2cnc(C(=O)N(C)CC)cn2)c1OC. The van der Waals surface area contributed by atoms with Gasteiger partial charge in [0, 0.05) is 48.4 Å². The average Bonchev–Trinajstić information content (AvgIpc) is 3.77. The molecule has 1 aliphatic rings. The predicted molar refractivity (Wildman–Crippen MR) is 135 cm³/mol. The van der Waals surface area contributed by atoms with Crippen LogP contribution in [0.5, 0.6) is 5.75 Å². The zero-order chi connectivity index (χ0) is 29.0. The number of hydrogen-bond acceptors (Lipinski definition) is 10. The van der Waals surface area contributed by atoms with Crippen LogP contribution in [-0.4, -0.2) is 75.4 Å². The molecule has 1 fully saturated rings. The Labute approximate surface area is 217 Å². The zero-order valence-electron chi connectivity index (χ0n) is 23.4. The summed E-state index contributed by atoms with van der Waals surface area (Å²) in [6.07, 6.45) is 5.77. The highest BCUT2D eigenvalue weighted by atomic mass is 16.5. The van der Waals surface area contributed by atoms with E-state index in [-0.39, 0.29) is 52.2 Å². The molecule has 3 amide bonds. The predicted octanol–water partition coefficient (Wildman–Crippen LogP) is 1.88. The van der Waals surface area contributed by atoms with Crippen molar-refractivity contribution in [2.75, 3.05) is 38.3 Å². The van der Waals surface area contributed by atoms with E-state index in [1.807, 2.05) is 12.2 Å². The molecule has 0 bridgehead atoms. The van der Waals surface area contributed by atoms with Gasteiger partial charge in [0.2, 0.25) is 5.91 Å². The summed E-state index contributed by atoms with van der Waals surface area (Å²) in [5.74, 6) is -1.24. The highest BCUT2D eigenvalue weighted by Gasteiger charge is 2.30. The smallest absolute Gasteiger partial charge is 0.273 e. The Hall–Kier alpha value is -4.68. The van der Waals surface area contributed by atoms with Gasteiger partial charge in [-0.15, -0.1) is 10.2 Å². The molecule has 13 heteroatoms. The van der Waals surface area contributed by atoms with Gasteiger partial charge in [0.15, 0.2) is 23.1 Å². The lowest BCUT2D eigenvalue weighted by molar-refractivity contribution is -0.117. The van der Waals surface area contributed by atoms with Crippen LogP contribution in [0.1, 0.15) is 44.9 Å². The molecule has 0 spiro atoms. The van der Waals surface area contributed by atoms with E-state index in [0.717, 1.165) is 12.8 Å². The van der Waals surface area contributed by atoms with Gasteiger partial charge in [-0.1, -0.05) is 0 Å². The minimum absolute atomic E-state index is 0.0143. The molecule has 3 N–H and O–H groups in total. The van der Waals surface area contributed by atoms with Crippen molar-refractivity contribution in [3.05, 3.63) is 42.1 Å². The number of aromatic nitrogens is 5. The van der Waals surface area contributed by atoms with E-state index in [9.17, 15) is 14.4 Å². The quantitative estimate of drug-likeness (QED) is 0.389. The molecule has 0 saturated heterocycles. The van der Waals surface area contributed by atoms with Crippen LogP contribution < -0.4 is 20.7 Å². The molecule has 0 unspecified atom stereocenters. The van der Waals surface area contributed by atoms with E-state index in [1.165, 1.54) is 36.7 Å². The third-order valence-electron chi connectivity index (χ3n) is 5.65. The molecule has 192 valence electrons. The van der Waals surface area contributed by atoms with Crippen molar-refractivity contribution in [1.29, 1.82) is 0 Å². The highest BCUT2D eigenvalue weighted by molar-refractivity contribution is 6.00. The summed E-state index contributed by atoms with van der Waals surface area (Å²) in [5.41, 5.74) is 0.683. The van der Waals surface area contributed by atoms with Crippen LogP contribution in [0.3, 0.4) is 0 Å². The zero-order valence-corrected chi connectivity index (χ0v) is 20.4. The van der Waals surface area contributed by atoms with Crippen LogP contribution >= 0.6 is 0 Å². The number of nitrogens with one attached hydrogen (secondary N) is 3. The first-order valence-corrected chi connectivity index (χ1v) is 11.4. The van der Waals surface area contributed by atoms with Crippen molar-refractivity contribution >= 4 is 35.0 Å². The van der Waals surface area contributed by atoms with Crippen LogP contribution in [-0.2, 0) is 4.79 Å². The summed E-state index contributed by atoms with van der Waals surface area (Å²) in [4.78, 5) is 51.7. The Kier molecular flexibility index (Phi) is 6.38. The third-order valence-corrected chi connectivity index (χ3v) is 5.65. The number of amides is 3. The summed E-state index contributed by atoms with van der Waals surface area (Å²) in [5, 5.41) is 15.2. The Balaban J connectivity index is 1.69. The maximum Gasteiger partial charge on any atom is 0.273 e. The van der Waals surface area contributed by atoms with Gasteiger partial charge in [0.25, 0.3) is 11.8 Å². The first kappa shape index (κ1) is 21.6. The molecule has 3 heterocycles. The van der Waals surface area contributed by atoms with Crippen LogP contribution in [0.25, 0.3) is 11.3 Å². The lowest BCUT2D eigenvalue weighted by atomic mass is 10.1. The molecular weight excluding hydrogens is 478 g/mol. The van der Waals surface area contributed by atoms with Gasteiger partial charge in [-0.3, -0.25) is 19.4 Å². The topological polar surface area (TPSA) is 164 Å². The maximum absolute atomic E-state index is 12.7. The van der Waals surface area contributed by atoms with Gasteiger partial charge in [-0.05, 0) is 25.8 Å². The van der Waals surface area contributed by atoms with Gasteiger partial charge < -0.3 is 25.6 Å². The van der Waals surface area contributed by atoms with Crippen LogP contribution in [0.4, 0.5) is 17.3 Å². The standard InChI is InChI=1S/C24H27N9O4/c1-5-33(3)24(36)17-12-27-16(11-28-17)14-8-9-26-21(20(14)37-4)29-15-10-18(30-22(34)13-6-7-13)31-32-19(15)23(35)25-2/h8-13H,5-7H2,1-4H3,(H,25,35)(H2,26,29,30,31,34)/i2D3. The fraction of sp³-hybridized carbons (Fsp3) is 0.333. The second-order valence-electron chi connectivity index (χ2n) is 8.18. The van der Waals surface area contributed by atoms with Crippen LogP contribution in [0.2, 0.25) is 0 Å². The second-order valence-corrected chi connectivity index (χ2v) is 8.18. The van der Waals surface area contributed by atoms with Crippen molar-refractivity contribution in [3.8, 4) is 17.0 Å². The Bertz CT molecular complexity index is 1430. The molecule has 13 nitrogen and oxygen atoms in total. The molecule has 0 atom stereocenters.